The molecule has 1 atom stereocenters. The third-order valence-corrected chi connectivity index (χ3v) is 6.75. The Bertz CT molecular complexity index is 1040. The standard InChI is InChI=1S/C21H20N2O5S/c1-12-9-10-29-20(12)17-16(18(24)13-5-4-8-15(11-13)23(27)28)19(25)21(26)22(17)14-6-2-3-7-14/h4-5,8-11,14,17,24H,2-3,6-7H2,1H3/b18-16-. The number of nitro groups is 1. The Morgan fingerprint density at radius 2 is 1.97 bits per heavy atom. The van der Waals surface area contributed by atoms with E-state index in [1.54, 1.807) is 4.90 Å². The van der Waals surface area contributed by atoms with Gasteiger partial charge in [-0.2, -0.15) is 0 Å². The Hall–Kier alpha value is -3.00. The van der Waals surface area contributed by atoms with Gasteiger partial charge in [0.2, 0.25) is 0 Å². The third-order valence-electron chi connectivity index (χ3n) is 5.68. The van der Waals surface area contributed by atoms with Crippen LogP contribution in [0.15, 0.2) is 41.3 Å². The number of ketones is 1. The molecule has 2 aromatic rings. The summed E-state index contributed by atoms with van der Waals surface area (Å²) in [6.45, 7) is 1.91. The average Bonchev–Trinajstić information content (AvgIpc) is 3.43. The van der Waals surface area contributed by atoms with Gasteiger partial charge in [0.25, 0.3) is 17.4 Å². The normalized spacial score (nSPS) is 21.8. The molecule has 150 valence electrons. The Balaban J connectivity index is 1.89. The van der Waals surface area contributed by atoms with Gasteiger partial charge in [0.1, 0.15) is 11.8 Å². The van der Waals surface area contributed by atoms with Crippen LogP contribution in [0.1, 0.15) is 47.7 Å². The molecule has 1 aromatic carbocycles. The summed E-state index contributed by atoms with van der Waals surface area (Å²) in [5, 5.41) is 24.0. The van der Waals surface area contributed by atoms with Crippen LogP contribution >= 0.6 is 11.3 Å². The van der Waals surface area contributed by atoms with Crippen molar-refractivity contribution in [2.24, 2.45) is 0 Å². The minimum Gasteiger partial charge on any atom is -0.507 e. The maximum atomic E-state index is 13.0. The lowest BCUT2D eigenvalue weighted by Gasteiger charge is -2.30. The molecule has 2 aliphatic rings. The van der Waals surface area contributed by atoms with Gasteiger partial charge in [-0.25, -0.2) is 0 Å². The molecule has 2 heterocycles. The fourth-order valence-electron chi connectivity index (χ4n) is 4.25. The van der Waals surface area contributed by atoms with Crippen LogP contribution in [0.5, 0.6) is 0 Å². The van der Waals surface area contributed by atoms with Crippen LogP contribution in [0.3, 0.4) is 0 Å². The summed E-state index contributed by atoms with van der Waals surface area (Å²) in [5.41, 5.74) is 0.911. The number of carbonyl (C=O) groups is 2. The van der Waals surface area contributed by atoms with E-state index in [0.717, 1.165) is 36.1 Å². The maximum absolute atomic E-state index is 13.0. The predicted octanol–water partition coefficient (Wildman–Crippen LogP) is 4.33. The lowest BCUT2D eigenvalue weighted by Crippen LogP contribution is -2.37. The topological polar surface area (TPSA) is 101 Å². The first-order chi connectivity index (χ1) is 13.9. The highest BCUT2D eigenvalue weighted by Gasteiger charge is 2.50. The smallest absolute Gasteiger partial charge is 0.295 e. The minimum absolute atomic E-state index is 0.00736. The van der Waals surface area contributed by atoms with Crippen molar-refractivity contribution in [3.63, 3.8) is 0 Å². The number of hydrogen-bond acceptors (Lipinski definition) is 6. The number of aliphatic hydroxyl groups excluding tert-OH is 1. The minimum atomic E-state index is -0.737. The summed E-state index contributed by atoms with van der Waals surface area (Å²) in [6, 6.07) is 6.69. The zero-order valence-electron chi connectivity index (χ0n) is 15.8. The van der Waals surface area contributed by atoms with Crippen LogP contribution in [0, 0.1) is 17.0 Å². The summed E-state index contributed by atoms with van der Waals surface area (Å²) >= 11 is 1.44. The molecule has 0 radical (unpaired) electrons. The van der Waals surface area contributed by atoms with Crippen molar-refractivity contribution in [1.82, 2.24) is 4.90 Å². The average molecular weight is 412 g/mol. The van der Waals surface area contributed by atoms with Crippen molar-refractivity contribution >= 4 is 34.5 Å². The second-order valence-electron chi connectivity index (χ2n) is 7.42. The summed E-state index contributed by atoms with van der Waals surface area (Å²) in [4.78, 5) is 39.0. The first-order valence-corrected chi connectivity index (χ1v) is 10.4. The highest BCUT2D eigenvalue weighted by molar-refractivity contribution is 7.10. The Labute approximate surface area is 171 Å². The lowest BCUT2D eigenvalue weighted by molar-refractivity contribution is -0.384. The summed E-state index contributed by atoms with van der Waals surface area (Å²) in [5.74, 6) is -1.72. The summed E-state index contributed by atoms with van der Waals surface area (Å²) in [7, 11) is 0. The Morgan fingerprint density at radius 3 is 2.59 bits per heavy atom. The number of nitrogens with zero attached hydrogens (tertiary/aromatic N) is 2. The number of carbonyl (C=O) groups excluding carboxylic acids is 2. The molecule has 1 N–H and O–H groups in total. The molecular formula is C21H20N2O5S. The second kappa shape index (κ2) is 7.44. The molecule has 1 unspecified atom stereocenters. The van der Waals surface area contributed by atoms with E-state index in [1.165, 1.54) is 35.6 Å². The second-order valence-corrected chi connectivity index (χ2v) is 8.37. The number of hydrogen-bond donors (Lipinski definition) is 1. The van der Waals surface area contributed by atoms with Gasteiger partial charge in [-0.1, -0.05) is 25.0 Å². The van der Waals surface area contributed by atoms with Crippen LogP contribution in [0.25, 0.3) is 5.76 Å². The van der Waals surface area contributed by atoms with Gasteiger partial charge in [0.05, 0.1) is 10.5 Å². The molecule has 0 spiro atoms. The molecule has 29 heavy (non-hydrogen) atoms. The van der Waals surface area contributed by atoms with Crippen molar-refractivity contribution in [3.05, 3.63) is 67.4 Å². The van der Waals surface area contributed by atoms with Gasteiger partial charge in [0.15, 0.2) is 0 Å². The van der Waals surface area contributed by atoms with Gasteiger partial charge in [-0.15, -0.1) is 11.3 Å². The van der Waals surface area contributed by atoms with E-state index in [4.69, 9.17) is 0 Å². The number of likely N-dealkylation sites (tertiary alicyclic amines) is 1. The van der Waals surface area contributed by atoms with Gasteiger partial charge < -0.3 is 10.0 Å². The number of thiophene rings is 1. The first kappa shape index (κ1) is 19.3. The summed E-state index contributed by atoms with van der Waals surface area (Å²) < 4.78 is 0. The van der Waals surface area contributed by atoms with E-state index in [2.05, 4.69) is 0 Å². The van der Waals surface area contributed by atoms with Gasteiger partial charge in [-0.3, -0.25) is 19.7 Å². The molecule has 8 heteroatoms. The van der Waals surface area contributed by atoms with Gasteiger partial charge >= 0.3 is 0 Å². The third kappa shape index (κ3) is 3.23. The van der Waals surface area contributed by atoms with Crippen LogP contribution in [-0.4, -0.2) is 32.7 Å². The number of Topliss-reactive ketones (excluding diaryl/α,β-unsaturated/α-hetero) is 1. The monoisotopic (exact) mass is 412 g/mol. The number of aryl methyl sites for hydroxylation is 1. The van der Waals surface area contributed by atoms with Crippen LogP contribution < -0.4 is 0 Å². The number of aliphatic hydroxyl groups is 1. The van der Waals surface area contributed by atoms with Crippen LogP contribution in [-0.2, 0) is 9.59 Å². The van der Waals surface area contributed by atoms with Crippen molar-refractivity contribution in [1.29, 1.82) is 0 Å². The van der Waals surface area contributed by atoms with Crippen molar-refractivity contribution in [3.8, 4) is 0 Å². The van der Waals surface area contributed by atoms with Crippen molar-refractivity contribution in [2.75, 3.05) is 0 Å². The first-order valence-electron chi connectivity index (χ1n) is 9.49. The van der Waals surface area contributed by atoms with Gasteiger partial charge in [-0.05, 0) is 36.8 Å². The molecule has 7 nitrogen and oxygen atoms in total. The van der Waals surface area contributed by atoms with E-state index in [9.17, 15) is 24.8 Å². The number of benzene rings is 1. The predicted molar refractivity (Wildman–Crippen MR) is 109 cm³/mol. The molecule has 1 saturated heterocycles. The van der Waals surface area contributed by atoms with E-state index in [0.29, 0.717) is 0 Å². The molecule has 0 bridgehead atoms. The highest BCUT2D eigenvalue weighted by Crippen LogP contribution is 2.45. The fourth-order valence-corrected chi connectivity index (χ4v) is 5.29. The fraction of sp³-hybridized carbons (Fsp3) is 0.333. The molecule has 1 aromatic heterocycles. The van der Waals surface area contributed by atoms with Crippen LogP contribution in [0.4, 0.5) is 5.69 Å². The maximum Gasteiger partial charge on any atom is 0.295 e. The van der Waals surface area contributed by atoms with Crippen molar-refractivity contribution in [2.45, 2.75) is 44.7 Å². The molecule has 1 aliphatic carbocycles. The number of non-ortho nitro benzene ring substituents is 1. The van der Waals surface area contributed by atoms with Crippen molar-refractivity contribution < 1.29 is 19.6 Å². The van der Waals surface area contributed by atoms with Crippen LogP contribution in [0.2, 0.25) is 0 Å². The number of nitro benzene ring substituents is 1. The molecule has 1 amide bonds. The Kier molecular flexibility index (Phi) is 4.96. The zero-order valence-corrected chi connectivity index (χ0v) is 16.6. The zero-order chi connectivity index (χ0) is 20.7. The molecule has 2 fully saturated rings. The number of rotatable bonds is 4. The van der Waals surface area contributed by atoms with E-state index < -0.39 is 22.7 Å². The molecule has 4 rings (SSSR count). The summed E-state index contributed by atoms with van der Waals surface area (Å²) in [6.07, 6.45) is 3.64. The Morgan fingerprint density at radius 1 is 1.24 bits per heavy atom. The molecular weight excluding hydrogens is 392 g/mol. The highest BCUT2D eigenvalue weighted by atomic mass is 32.1. The van der Waals surface area contributed by atoms with E-state index >= 15 is 0 Å². The van der Waals surface area contributed by atoms with Gasteiger partial charge in [0, 0.05) is 28.6 Å². The lowest BCUT2D eigenvalue weighted by atomic mass is 9.97. The molecule has 1 aliphatic heterocycles. The largest absolute Gasteiger partial charge is 0.507 e. The number of amides is 1. The molecule has 1 saturated carbocycles. The van der Waals surface area contributed by atoms with E-state index in [1.807, 2.05) is 18.4 Å². The van der Waals surface area contributed by atoms with E-state index in [-0.39, 0.29) is 28.6 Å². The quantitative estimate of drug-likeness (QED) is 0.265. The SMILES string of the molecule is Cc1ccsc1C1/C(=C(/O)c2cccc([N+](=O)[O-])c2)C(=O)C(=O)N1C1CCCC1.